The van der Waals surface area contributed by atoms with Crippen LogP contribution in [0, 0.1) is 0 Å². The number of para-hydroxylation sites is 1. The molecule has 3 N–H and O–H groups in total. The molecule has 0 atom stereocenters. The molecule has 0 radical (unpaired) electrons. The van der Waals surface area contributed by atoms with Gasteiger partial charge in [0.25, 0.3) is 0 Å². The number of rotatable bonds is 6. The summed E-state index contributed by atoms with van der Waals surface area (Å²) in [5.41, 5.74) is 1.38. The van der Waals surface area contributed by atoms with E-state index in [0.29, 0.717) is 12.1 Å². The summed E-state index contributed by atoms with van der Waals surface area (Å²) < 4.78 is 0. The van der Waals surface area contributed by atoms with E-state index in [9.17, 15) is 14.7 Å². The number of aromatic carboxylic acids is 1. The zero-order valence-electron chi connectivity index (χ0n) is 11.4. The Balaban J connectivity index is 2.25. The van der Waals surface area contributed by atoms with E-state index in [4.69, 9.17) is 0 Å². The zero-order chi connectivity index (χ0) is 14.5. The summed E-state index contributed by atoms with van der Waals surface area (Å²) >= 11 is 0. The van der Waals surface area contributed by atoms with Crippen molar-refractivity contribution >= 4 is 22.8 Å². The molecule has 0 unspecified atom stereocenters. The van der Waals surface area contributed by atoms with Crippen molar-refractivity contribution in [2.75, 3.05) is 6.54 Å². The van der Waals surface area contributed by atoms with Crippen LogP contribution >= 0.6 is 0 Å². The number of carboxylic acids is 1. The van der Waals surface area contributed by atoms with E-state index < -0.39 is 5.97 Å². The van der Waals surface area contributed by atoms with Crippen LogP contribution in [-0.2, 0) is 11.2 Å². The highest BCUT2D eigenvalue weighted by molar-refractivity contribution is 5.99. The molecular formula is C15H18N2O3. The van der Waals surface area contributed by atoms with Gasteiger partial charge in [0, 0.05) is 23.0 Å². The molecule has 1 heterocycles. The van der Waals surface area contributed by atoms with E-state index >= 15 is 0 Å². The number of nitrogens with one attached hydrogen (secondary N) is 2. The number of H-pyrrole nitrogens is 1. The normalized spacial score (nSPS) is 10.7. The summed E-state index contributed by atoms with van der Waals surface area (Å²) in [7, 11) is 0. The third-order valence-electron chi connectivity index (χ3n) is 3.22. The lowest BCUT2D eigenvalue weighted by Gasteiger charge is -2.04. The average Bonchev–Trinajstić information content (AvgIpc) is 2.78. The Morgan fingerprint density at radius 2 is 2.05 bits per heavy atom. The fourth-order valence-electron chi connectivity index (χ4n) is 2.19. The molecule has 0 bridgehead atoms. The van der Waals surface area contributed by atoms with Crippen LogP contribution in [0.1, 0.15) is 35.8 Å². The highest BCUT2D eigenvalue weighted by Gasteiger charge is 2.18. The Hall–Kier alpha value is -2.30. The van der Waals surface area contributed by atoms with Gasteiger partial charge in [0.2, 0.25) is 5.91 Å². The number of benzene rings is 1. The second-order valence-corrected chi connectivity index (χ2v) is 4.71. The van der Waals surface area contributed by atoms with Crippen LogP contribution in [0.2, 0.25) is 0 Å². The number of amides is 1. The lowest BCUT2D eigenvalue weighted by Crippen LogP contribution is -2.26. The third kappa shape index (κ3) is 2.99. The minimum atomic E-state index is -1.04. The summed E-state index contributed by atoms with van der Waals surface area (Å²) in [5, 5.41) is 12.8. The van der Waals surface area contributed by atoms with Crippen molar-refractivity contribution in [1.82, 2.24) is 10.3 Å². The Labute approximate surface area is 117 Å². The molecule has 106 valence electrons. The van der Waals surface area contributed by atoms with E-state index in [1.165, 1.54) is 0 Å². The van der Waals surface area contributed by atoms with Crippen LogP contribution < -0.4 is 5.32 Å². The van der Waals surface area contributed by atoms with Crippen LogP contribution in [0.25, 0.3) is 10.9 Å². The predicted molar refractivity (Wildman–Crippen MR) is 76.9 cm³/mol. The first-order valence-electron chi connectivity index (χ1n) is 6.73. The maximum absolute atomic E-state index is 11.9. The molecule has 20 heavy (non-hydrogen) atoms. The second kappa shape index (κ2) is 6.23. The van der Waals surface area contributed by atoms with Crippen molar-refractivity contribution in [3.63, 3.8) is 0 Å². The van der Waals surface area contributed by atoms with Crippen LogP contribution in [0.3, 0.4) is 0 Å². The number of hydrogen-bond donors (Lipinski definition) is 3. The summed E-state index contributed by atoms with van der Waals surface area (Å²) in [4.78, 5) is 26.0. The van der Waals surface area contributed by atoms with Gasteiger partial charge >= 0.3 is 5.97 Å². The maximum atomic E-state index is 11.9. The van der Waals surface area contributed by atoms with E-state index in [2.05, 4.69) is 10.3 Å². The smallest absolute Gasteiger partial charge is 0.352 e. The van der Waals surface area contributed by atoms with Gasteiger partial charge in [-0.3, -0.25) is 4.79 Å². The van der Waals surface area contributed by atoms with E-state index in [1.807, 2.05) is 25.1 Å². The first kappa shape index (κ1) is 14.1. The molecule has 0 saturated heterocycles. The Kier molecular flexibility index (Phi) is 4.40. The number of carboxylic acid groups (broad SMARTS) is 1. The van der Waals surface area contributed by atoms with Gasteiger partial charge in [-0.05, 0) is 12.5 Å². The summed E-state index contributed by atoms with van der Waals surface area (Å²) in [6.45, 7) is 2.68. The lowest BCUT2D eigenvalue weighted by molar-refractivity contribution is -0.120. The van der Waals surface area contributed by atoms with E-state index in [0.717, 1.165) is 23.7 Å². The first-order valence-corrected chi connectivity index (χ1v) is 6.73. The number of aromatic nitrogens is 1. The molecule has 0 fully saturated rings. The third-order valence-corrected chi connectivity index (χ3v) is 3.22. The lowest BCUT2D eigenvalue weighted by atomic mass is 10.1. The molecule has 1 amide bonds. The van der Waals surface area contributed by atoms with E-state index in [1.54, 1.807) is 6.07 Å². The molecule has 5 heteroatoms. The van der Waals surface area contributed by atoms with Crippen molar-refractivity contribution in [3.05, 3.63) is 35.5 Å². The standard InChI is InChI=1S/C15H18N2O3/c1-2-3-8-16-13(18)9-11-10-6-4-5-7-12(10)17-14(11)15(19)20/h4-7,17H,2-3,8-9H2,1H3,(H,16,18)(H,19,20). The van der Waals surface area contributed by atoms with E-state index in [-0.39, 0.29) is 18.0 Å². The molecular weight excluding hydrogens is 256 g/mol. The van der Waals surface area contributed by atoms with Gasteiger partial charge < -0.3 is 15.4 Å². The van der Waals surface area contributed by atoms with Crippen LogP contribution in [0.15, 0.2) is 24.3 Å². The zero-order valence-corrected chi connectivity index (χ0v) is 11.4. The molecule has 2 rings (SSSR count). The van der Waals surface area contributed by atoms with Crippen molar-refractivity contribution in [3.8, 4) is 0 Å². The highest BCUT2D eigenvalue weighted by atomic mass is 16.4. The van der Waals surface area contributed by atoms with Crippen molar-refractivity contribution in [2.24, 2.45) is 0 Å². The largest absolute Gasteiger partial charge is 0.477 e. The van der Waals surface area contributed by atoms with Crippen LogP contribution in [-0.4, -0.2) is 28.5 Å². The minimum absolute atomic E-state index is 0.0787. The first-order chi connectivity index (χ1) is 9.63. The van der Waals surface area contributed by atoms with Crippen LogP contribution in [0.4, 0.5) is 0 Å². The van der Waals surface area contributed by atoms with Gasteiger partial charge in [-0.1, -0.05) is 31.5 Å². The second-order valence-electron chi connectivity index (χ2n) is 4.71. The number of fused-ring (bicyclic) bond motifs is 1. The van der Waals surface area contributed by atoms with Crippen molar-refractivity contribution in [2.45, 2.75) is 26.2 Å². The Bertz CT molecular complexity index is 631. The monoisotopic (exact) mass is 274 g/mol. The van der Waals surface area contributed by atoms with Gasteiger partial charge in [0.1, 0.15) is 5.69 Å². The molecule has 0 spiro atoms. The highest BCUT2D eigenvalue weighted by Crippen LogP contribution is 2.23. The molecule has 5 nitrogen and oxygen atoms in total. The fourth-order valence-corrected chi connectivity index (χ4v) is 2.19. The SMILES string of the molecule is CCCCNC(=O)Cc1c(C(=O)O)[nH]c2ccccc12. The molecule has 0 aliphatic carbocycles. The minimum Gasteiger partial charge on any atom is -0.477 e. The van der Waals surface area contributed by atoms with Crippen molar-refractivity contribution in [1.29, 1.82) is 0 Å². The quantitative estimate of drug-likeness (QED) is 0.707. The van der Waals surface area contributed by atoms with Gasteiger partial charge in [0.05, 0.1) is 6.42 Å². The predicted octanol–water partition coefficient (Wildman–Crippen LogP) is 2.32. The van der Waals surface area contributed by atoms with Crippen LogP contribution in [0.5, 0.6) is 0 Å². The molecule has 2 aromatic rings. The number of hydrogen-bond acceptors (Lipinski definition) is 2. The van der Waals surface area contributed by atoms with Crippen molar-refractivity contribution < 1.29 is 14.7 Å². The summed E-state index contributed by atoms with van der Waals surface area (Å²) in [6, 6.07) is 7.29. The average molecular weight is 274 g/mol. The Morgan fingerprint density at radius 1 is 1.30 bits per heavy atom. The van der Waals surface area contributed by atoms with Gasteiger partial charge in [-0.2, -0.15) is 0 Å². The Morgan fingerprint density at radius 3 is 2.75 bits per heavy atom. The van der Waals surface area contributed by atoms with Gasteiger partial charge in [-0.15, -0.1) is 0 Å². The fraction of sp³-hybridized carbons (Fsp3) is 0.333. The van der Waals surface area contributed by atoms with Gasteiger partial charge in [0.15, 0.2) is 0 Å². The number of carbonyl (C=O) groups excluding carboxylic acids is 1. The maximum Gasteiger partial charge on any atom is 0.352 e. The molecule has 0 aliphatic rings. The molecule has 1 aromatic carbocycles. The number of carbonyl (C=O) groups is 2. The topological polar surface area (TPSA) is 82.2 Å². The summed E-state index contributed by atoms with van der Waals surface area (Å²) in [5.74, 6) is -1.19. The number of unbranched alkanes of at least 4 members (excludes halogenated alkanes) is 1. The van der Waals surface area contributed by atoms with Gasteiger partial charge in [-0.25, -0.2) is 4.79 Å². The molecule has 0 aliphatic heterocycles. The molecule has 1 aromatic heterocycles. The molecule has 0 saturated carbocycles. The number of aromatic amines is 1. The summed E-state index contributed by atoms with van der Waals surface area (Å²) in [6.07, 6.45) is 2.01.